The van der Waals surface area contributed by atoms with Crippen LogP contribution in [0.5, 0.6) is 0 Å². The third-order valence-corrected chi connectivity index (χ3v) is 4.75. The summed E-state index contributed by atoms with van der Waals surface area (Å²) in [5.41, 5.74) is 1.37. The summed E-state index contributed by atoms with van der Waals surface area (Å²) in [6.07, 6.45) is 5.65. The summed E-state index contributed by atoms with van der Waals surface area (Å²) in [5.74, 6) is 0.692. The molecule has 1 N–H and O–H groups in total. The van der Waals surface area contributed by atoms with Crippen molar-refractivity contribution in [3.63, 3.8) is 0 Å². The third kappa shape index (κ3) is 3.35. The Hall–Kier alpha value is -1.98. The van der Waals surface area contributed by atoms with Crippen molar-refractivity contribution in [1.82, 2.24) is 14.9 Å². The molecular weight excluding hydrogens is 288 g/mol. The number of rotatable bonds is 4. The van der Waals surface area contributed by atoms with Gasteiger partial charge in [-0.05, 0) is 18.1 Å². The maximum Gasteiger partial charge on any atom is 0.222 e. The largest absolute Gasteiger partial charge is 0.371 e. The number of benzene rings is 1. The molecule has 2 atom stereocenters. The summed E-state index contributed by atoms with van der Waals surface area (Å²) < 4.78 is 6.19. The van der Waals surface area contributed by atoms with Crippen LogP contribution in [0.1, 0.15) is 18.4 Å². The molecule has 2 aromatic rings. The molecule has 2 saturated heterocycles. The summed E-state index contributed by atoms with van der Waals surface area (Å²) in [6, 6.07) is 12.8. The Labute approximate surface area is 136 Å². The predicted molar refractivity (Wildman–Crippen MR) is 89.1 cm³/mol. The number of likely N-dealkylation sites (tertiary alicyclic amines) is 1. The second kappa shape index (κ2) is 6.26. The van der Waals surface area contributed by atoms with E-state index in [0.29, 0.717) is 12.0 Å². The minimum Gasteiger partial charge on any atom is -0.371 e. The van der Waals surface area contributed by atoms with Crippen LogP contribution in [0.4, 0.5) is 5.95 Å². The maximum atomic E-state index is 6.19. The Morgan fingerprint density at radius 2 is 2.00 bits per heavy atom. The average molecular weight is 310 g/mol. The molecule has 0 amide bonds. The second-order valence-electron chi connectivity index (χ2n) is 6.56. The molecule has 1 spiro atoms. The molecule has 0 radical (unpaired) electrons. The summed E-state index contributed by atoms with van der Waals surface area (Å²) in [4.78, 5) is 11.0. The number of anilines is 1. The number of nitrogens with one attached hydrogen (secondary N) is 1. The lowest BCUT2D eigenvalue weighted by Crippen LogP contribution is -2.33. The van der Waals surface area contributed by atoms with Gasteiger partial charge in [0.15, 0.2) is 0 Å². The highest BCUT2D eigenvalue weighted by molar-refractivity contribution is 5.25. The van der Waals surface area contributed by atoms with E-state index in [4.69, 9.17) is 4.74 Å². The lowest BCUT2D eigenvalue weighted by Gasteiger charge is -2.23. The standard InChI is InChI=1S/C18H22N4O/c1-2-5-15(6-3-1)12-22-10-7-18(14-22)11-16(13-23-18)21-17-19-8-4-9-20-17/h1-6,8-9,16H,7,10-14H2,(H,19,20,21)/t16-,18-/m0/s1. The molecule has 3 heterocycles. The maximum absolute atomic E-state index is 6.19. The molecule has 1 aromatic heterocycles. The first kappa shape index (κ1) is 14.6. The van der Waals surface area contributed by atoms with Crippen molar-refractivity contribution < 1.29 is 4.74 Å². The molecule has 5 nitrogen and oxygen atoms in total. The van der Waals surface area contributed by atoms with Crippen LogP contribution in [0.15, 0.2) is 48.8 Å². The Bertz CT molecular complexity index is 576. The highest BCUT2D eigenvalue weighted by Gasteiger charge is 2.45. The normalized spacial score (nSPS) is 27.6. The number of hydrogen-bond donors (Lipinski definition) is 1. The van der Waals surface area contributed by atoms with E-state index in [9.17, 15) is 0 Å². The van der Waals surface area contributed by atoms with E-state index in [1.807, 2.05) is 6.07 Å². The average Bonchev–Trinajstić information content (AvgIpc) is 3.16. The first-order valence-electron chi connectivity index (χ1n) is 8.25. The van der Waals surface area contributed by atoms with Gasteiger partial charge in [0.1, 0.15) is 0 Å². The molecule has 120 valence electrons. The van der Waals surface area contributed by atoms with Gasteiger partial charge in [-0.1, -0.05) is 30.3 Å². The fourth-order valence-electron chi connectivity index (χ4n) is 3.68. The fraction of sp³-hybridized carbons (Fsp3) is 0.444. The Morgan fingerprint density at radius 1 is 1.17 bits per heavy atom. The Morgan fingerprint density at radius 3 is 2.83 bits per heavy atom. The minimum atomic E-state index is 0.00122. The molecule has 5 heteroatoms. The van der Waals surface area contributed by atoms with Crippen LogP contribution < -0.4 is 5.32 Å². The highest BCUT2D eigenvalue weighted by Crippen LogP contribution is 2.36. The van der Waals surface area contributed by atoms with Crippen molar-refractivity contribution in [2.45, 2.75) is 31.0 Å². The summed E-state index contributed by atoms with van der Waals surface area (Å²) in [5, 5.41) is 3.39. The number of ether oxygens (including phenoxy) is 1. The predicted octanol–water partition coefficient (Wildman–Crippen LogP) is 2.32. The van der Waals surface area contributed by atoms with Crippen molar-refractivity contribution in [3.05, 3.63) is 54.4 Å². The lowest BCUT2D eigenvalue weighted by molar-refractivity contribution is 0.0120. The minimum absolute atomic E-state index is 0.00122. The van der Waals surface area contributed by atoms with Crippen molar-refractivity contribution in [2.24, 2.45) is 0 Å². The van der Waals surface area contributed by atoms with Crippen LogP contribution in [0.25, 0.3) is 0 Å². The van der Waals surface area contributed by atoms with Crippen LogP contribution in [0.3, 0.4) is 0 Å². The van der Waals surface area contributed by atoms with Crippen LogP contribution in [-0.2, 0) is 11.3 Å². The van der Waals surface area contributed by atoms with Gasteiger partial charge >= 0.3 is 0 Å². The van der Waals surface area contributed by atoms with Gasteiger partial charge in [-0.2, -0.15) is 0 Å². The zero-order chi connectivity index (χ0) is 15.5. The van der Waals surface area contributed by atoms with Gasteiger partial charge in [-0.15, -0.1) is 0 Å². The van der Waals surface area contributed by atoms with Crippen LogP contribution in [-0.4, -0.2) is 46.2 Å². The zero-order valence-corrected chi connectivity index (χ0v) is 13.2. The zero-order valence-electron chi connectivity index (χ0n) is 13.2. The Kier molecular flexibility index (Phi) is 3.97. The quantitative estimate of drug-likeness (QED) is 0.939. The molecule has 23 heavy (non-hydrogen) atoms. The van der Waals surface area contributed by atoms with E-state index in [1.54, 1.807) is 12.4 Å². The SMILES string of the molecule is c1ccc(CN2CC[C@]3(C[C@H](Nc4ncccn4)CO3)C2)cc1. The molecule has 2 fully saturated rings. The lowest BCUT2D eigenvalue weighted by atomic mass is 9.97. The molecular formula is C18H22N4O. The third-order valence-electron chi connectivity index (χ3n) is 4.75. The van der Waals surface area contributed by atoms with E-state index in [2.05, 4.69) is 50.5 Å². The number of aromatic nitrogens is 2. The van der Waals surface area contributed by atoms with Gasteiger partial charge < -0.3 is 10.1 Å². The van der Waals surface area contributed by atoms with E-state index in [0.717, 1.165) is 39.1 Å². The topological polar surface area (TPSA) is 50.3 Å². The smallest absolute Gasteiger partial charge is 0.222 e. The summed E-state index contributed by atoms with van der Waals surface area (Å²) in [6.45, 7) is 3.85. The van der Waals surface area contributed by atoms with Gasteiger partial charge in [0.25, 0.3) is 0 Å². The molecule has 2 aliphatic rings. The highest BCUT2D eigenvalue weighted by atomic mass is 16.5. The molecule has 0 saturated carbocycles. The first-order valence-corrected chi connectivity index (χ1v) is 8.25. The van der Waals surface area contributed by atoms with Gasteiger partial charge in [-0.25, -0.2) is 9.97 Å². The molecule has 4 rings (SSSR count). The van der Waals surface area contributed by atoms with Crippen molar-refractivity contribution >= 4 is 5.95 Å². The van der Waals surface area contributed by atoms with Gasteiger partial charge in [0, 0.05) is 38.4 Å². The van der Waals surface area contributed by atoms with E-state index >= 15 is 0 Å². The fourth-order valence-corrected chi connectivity index (χ4v) is 3.68. The van der Waals surface area contributed by atoms with E-state index in [-0.39, 0.29) is 5.60 Å². The second-order valence-corrected chi connectivity index (χ2v) is 6.56. The van der Waals surface area contributed by atoms with E-state index in [1.165, 1.54) is 5.56 Å². The summed E-state index contributed by atoms with van der Waals surface area (Å²) >= 11 is 0. The molecule has 0 bridgehead atoms. The van der Waals surface area contributed by atoms with Gasteiger partial charge in [0.05, 0.1) is 18.2 Å². The van der Waals surface area contributed by atoms with Crippen LogP contribution >= 0.6 is 0 Å². The van der Waals surface area contributed by atoms with Crippen molar-refractivity contribution in [1.29, 1.82) is 0 Å². The number of nitrogens with zero attached hydrogens (tertiary/aromatic N) is 3. The Balaban J connectivity index is 1.34. The molecule has 2 aliphatic heterocycles. The molecule has 0 aliphatic carbocycles. The monoisotopic (exact) mass is 310 g/mol. The first-order chi connectivity index (χ1) is 11.3. The van der Waals surface area contributed by atoms with Gasteiger partial charge in [-0.3, -0.25) is 4.90 Å². The molecule has 1 aromatic carbocycles. The number of hydrogen-bond acceptors (Lipinski definition) is 5. The van der Waals surface area contributed by atoms with E-state index < -0.39 is 0 Å². The van der Waals surface area contributed by atoms with Gasteiger partial charge in [0.2, 0.25) is 5.95 Å². The van der Waals surface area contributed by atoms with Crippen LogP contribution in [0, 0.1) is 0 Å². The summed E-state index contributed by atoms with van der Waals surface area (Å²) in [7, 11) is 0. The van der Waals surface area contributed by atoms with Crippen LogP contribution in [0.2, 0.25) is 0 Å². The molecule has 0 unspecified atom stereocenters. The van der Waals surface area contributed by atoms with Crippen molar-refractivity contribution in [2.75, 3.05) is 25.0 Å². The van der Waals surface area contributed by atoms with Crippen molar-refractivity contribution in [3.8, 4) is 0 Å².